The predicted molar refractivity (Wildman–Crippen MR) is 169 cm³/mol. The molecule has 2 amide bonds. The van der Waals surface area contributed by atoms with Crippen LogP contribution in [-0.4, -0.2) is 57.0 Å². The van der Waals surface area contributed by atoms with Crippen LogP contribution >= 0.6 is 0 Å². The summed E-state index contributed by atoms with van der Waals surface area (Å²) in [5.41, 5.74) is 1.96. The van der Waals surface area contributed by atoms with Gasteiger partial charge in [0.2, 0.25) is 11.8 Å². The number of sulfonamides is 1. The summed E-state index contributed by atoms with van der Waals surface area (Å²) >= 11 is 0. The summed E-state index contributed by atoms with van der Waals surface area (Å²) in [5, 5.41) is 3.14. The van der Waals surface area contributed by atoms with Crippen molar-refractivity contribution in [3.63, 3.8) is 0 Å². The molecule has 240 valence electrons. The van der Waals surface area contributed by atoms with Crippen LogP contribution in [0, 0.1) is 12.7 Å². The topological polar surface area (TPSA) is 105 Å². The summed E-state index contributed by atoms with van der Waals surface area (Å²) in [7, 11) is -4.36. The van der Waals surface area contributed by atoms with E-state index in [1.165, 1.54) is 35.2 Å². The Hall–Kier alpha value is -4.12. The van der Waals surface area contributed by atoms with Crippen molar-refractivity contribution in [1.82, 2.24) is 10.2 Å². The van der Waals surface area contributed by atoms with E-state index in [0.29, 0.717) is 18.8 Å². The summed E-state index contributed by atoms with van der Waals surface area (Å²) in [6.45, 7) is 3.91. The maximum absolute atomic E-state index is 14.3. The van der Waals surface area contributed by atoms with Crippen molar-refractivity contribution in [2.75, 3.05) is 24.1 Å². The van der Waals surface area contributed by atoms with Crippen molar-refractivity contribution in [1.29, 1.82) is 0 Å². The number of fused-ring (bicyclic) bond motifs is 1. The Labute approximate surface area is 264 Å². The lowest BCUT2D eigenvalue weighted by molar-refractivity contribution is -0.140. The fraction of sp³-hybridized carbons (Fsp3) is 0.412. The zero-order valence-electron chi connectivity index (χ0n) is 25.7. The van der Waals surface area contributed by atoms with Gasteiger partial charge in [0.05, 0.1) is 10.6 Å². The second kappa shape index (κ2) is 14.3. The molecule has 0 bridgehead atoms. The van der Waals surface area contributed by atoms with Crippen LogP contribution in [0.5, 0.6) is 11.5 Å². The largest absolute Gasteiger partial charge is 0.486 e. The van der Waals surface area contributed by atoms with Crippen LogP contribution in [0.3, 0.4) is 0 Å². The van der Waals surface area contributed by atoms with E-state index in [-0.39, 0.29) is 41.4 Å². The second-order valence-electron chi connectivity index (χ2n) is 11.6. The maximum atomic E-state index is 14.3. The first-order valence-electron chi connectivity index (χ1n) is 15.5. The molecule has 0 aromatic heterocycles. The van der Waals surface area contributed by atoms with Crippen LogP contribution in [0.15, 0.2) is 71.6 Å². The third-order valence-electron chi connectivity index (χ3n) is 8.31. The Morgan fingerprint density at radius 3 is 2.27 bits per heavy atom. The summed E-state index contributed by atoms with van der Waals surface area (Å²) in [6, 6.07) is 16.0. The van der Waals surface area contributed by atoms with Crippen LogP contribution in [0.25, 0.3) is 0 Å². The molecule has 1 saturated carbocycles. The van der Waals surface area contributed by atoms with E-state index >= 15 is 0 Å². The summed E-state index contributed by atoms with van der Waals surface area (Å²) < 4.78 is 54.4. The van der Waals surface area contributed by atoms with Gasteiger partial charge in [-0.2, -0.15) is 0 Å². The number of carbonyl (C=O) groups is 2. The first-order valence-corrected chi connectivity index (χ1v) is 16.9. The molecule has 0 saturated heterocycles. The lowest BCUT2D eigenvalue weighted by Gasteiger charge is -2.34. The summed E-state index contributed by atoms with van der Waals surface area (Å²) in [4.78, 5) is 29.3. The third-order valence-corrected chi connectivity index (χ3v) is 10.1. The van der Waals surface area contributed by atoms with Gasteiger partial charge in [-0.1, -0.05) is 56.0 Å². The number of amides is 2. The Kier molecular flexibility index (Phi) is 10.3. The second-order valence-corrected chi connectivity index (χ2v) is 13.4. The zero-order chi connectivity index (χ0) is 32.0. The average molecular weight is 638 g/mol. The Morgan fingerprint density at radius 2 is 1.60 bits per heavy atom. The molecule has 0 unspecified atom stereocenters. The van der Waals surface area contributed by atoms with Crippen molar-refractivity contribution < 1.29 is 31.9 Å². The number of carbonyl (C=O) groups excluding carboxylic acids is 2. The first kappa shape index (κ1) is 32.3. The molecule has 0 spiro atoms. The first-order chi connectivity index (χ1) is 21.7. The highest BCUT2D eigenvalue weighted by Crippen LogP contribution is 2.34. The molecule has 1 N–H and O–H groups in total. The van der Waals surface area contributed by atoms with Gasteiger partial charge in [-0.15, -0.1) is 0 Å². The van der Waals surface area contributed by atoms with E-state index < -0.39 is 34.3 Å². The number of hydrogen-bond donors (Lipinski definition) is 1. The molecule has 9 nitrogen and oxygen atoms in total. The van der Waals surface area contributed by atoms with E-state index in [0.717, 1.165) is 59.7 Å². The predicted octanol–water partition coefficient (Wildman–Crippen LogP) is 5.36. The summed E-state index contributed by atoms with van der Waals surface area (Å²) in [6.07, 6.45) is 5.33. The van der Waals surface area contributed by atoms with Crippen molar-refractivity contribution in [3.05, 3.63) is 83.7 Å². The monoisotopic (exact) mass is 637 g/mol. The molecule has 3 aromatic rings. The number of hydrogen-bond acceptors (Lipinski definition) is 6. The number of halogens is 1. The number of anilines is 1. The highest BCUT2D eigenvalue weighted by molar-refractivity contribution is 7.92. The molecule has 0 radical (unpaired) electrons. The molecule has 2 aliphatic rings. The smallest absolute Gasteiger partial charge is 0.264 e. The van der Waals surface area contributed by atoms with Gasteiger partial charge < -0.3 is 19.7 Å². The number of ether oxygens (including phenoxy) is 2. The van der Waals surface area contributed by atoms with Crippen LogP contribution in [0.2, 0.25) is 0 Å². The van der Waals surface area contributed by atoms with Gasteiger partial charge >= 0.3 is 0 Å². The maximum Gasteiger partial charge on any atom is 0.264 e. The van der Waals surface area contributed by atoms with E-state index in [2.05, 4.69) is 5.32 Å². The SMILES string of the molecule is CC[C@H](C(=O)NC1CCCCC1)N(Cc1ccc(C)cc1)C(=O)CN(c1ccc(F)cc1)S(=O)(=O)c1ccc2c(c1)OCCO2. The Bertz CT molecular complexity index is 1590. The lowest BCUT2D eigenvalue weighted by Crippen LogP contribution is -2.54. The highest BCUT2D eigenvalue weighted by atomic mass is 32.2. The van der Waals surface area contributed by atoms with Crippen molar-refractivity contribution >= 4 is 27.5 Å². The number of nitrogens with zero attached hydrogens (tertiary/aromatic N) is 2. The fourth-order valence-electron chi connectivity index (χ4n) is 5.80. The zero-order valence-corrected chi connectivity index (χ0v) is 26.5. The lowest BCUT2D eigenvalue weighted by atomic mass is 9.95. The number of rotatable bonds is 11. The Morgan fingerprint density at radius 1 is 0.933 bits per heavy atom. The minimum Gasteiger partial charge on any atom is -0.486 e. The molecule has 45 heavy (non-hydrogen) atoms. The normalized spacial score (nSPS) is 15.6. The number of aryl methyl sites for hydroxylation is 1. The van der Waals surface area contributed by atoms with E-state index in [1.807, 2.05) is 38.1 Å². The van der Waals surface area contributed by atoms with Gasteiger partial charge in [0.1, 0.15) is 31.6 Å². The van der Waals surface area contributed by atoms with Crippen LogP contribution in [0.1, 0.15) is 56.6 Å². The van der Waals surface area contributed by atoms with Crippen LogP contribution in [-0.2, 0) is 26.2 Å². The van der Waals surface area contributed by atoms with E-state index in [1.54, 1.807) is 0 Å². The van der Waals surface area contributed by atoms with Crippen molar-refractivity contribution in [2.45, 2.75) is 75.9 Å². The van der Waals surface area contributed by atoms with E-state index in [4.69, 9.17) is 9.47 Å². The molecule has 1 heterocycles. The molecule has 1 aliphatic carbocycles. The molecular weight excluding hydrogens is 597 g/mol. The van der Waals surface area contributed by atoms with Crippen LogP contribution in [0.4, 0.5) is 10.1 Å². The Balaban J connectivity index is 1.49. The summed E-state index contributed by atoms with van der Waals surface area (Å²) in [5.74, 6) is -0.671. The standard InChI is InChI=1S/C34H40FN3O6S/c1-3-30(34(40)36-27-7-5-4-6-8-27)37(22-25-11-9-24(2)10-12-25)33(39)23-38(28-15-13-26(35)14-16-28)45(41,42)29-17-18-31-32(21-29)44-20-19-43-31/h9-18,21,27,30H,3-8,19-20,22-23H2,1-2H3,(H,36,40)/t30-/m1/s1. The van der Waals surface area contributed by atoms with Gasteiger partial charge in [-0.05, 0) is 68.1 Å². The highest BCUT2D eigenvalue weighted by Gasteiger charge is 2.35. The molecule has 1 aliphatic heterocycles. The van der Waals surface area contributed by atoms with Gasteiger partial charge in [0, 0.05) is 18.7 Å². The fourth-order valence-corrected chi connectivity index (χ4v) is 7.23. The minimum atomic E-state index is -4.36. The van der Waals surface area contributed by atoms with Gasteiger partial charge in [-0.3, -0.25) is 13.9 Å². The quantitative estimate of drug-likeness (QED) is 0.304. The minimum absolute atomic E-state index is 0.0444. The van der Waals surface area contributed by atoms with Gasteiger partial charge in [0.15, 0.2) is 11.5 Å². The van der Waals surface area contributed by atoms with Gasteiger partial charge in [0.25, 0.3) is 10.0 Å². The molecule has 11 heteroatoms. The molecule has 1 atom stereocenters. The van der Waals surface area contributed by atoms with Gasteiger partial charge in [-0.25, -0.2) is 12.8 Å². The van der Waals surface area contributed by atoms with Crippen molar-refractivity contribution in [2.24, 2.45) is 0 Å². The average Bonchev–Trinajstić information content (AvgIpc) is 3.05. The third kappa shape index (κ3) is 7.76. The molecule has 3 aromatic carbocycles. The molecule has 1 fully saturated rings. The number of benzene rings is 3. The van der Waals surface area contributed by atoms with Crippen molar-refractivity contribution in [3.8, 4) is 11.5 Å². The molecular formula is C34H40FN3O6S. The number of nitrogens with one attached hydrogen (secondary N) is 1. The van der Waals surface area contributed by atoms with Crippen LogP contribution < -0.4 is 19.1 Å². The van der Waals surface area contributed by atoms with E-state index in [9.17, 15) is 22.4 Å². The molecule has 5 rings (SSSR count).